The van der Waals surface area contributed by atoms with E-state index in [2.05, 4.69) is 10.3 Å². The molecule has 6 heteroatoms. The van der Waals surface area contributed by atoms with Gasteiger partial charge in [-0.25, -0.2) is 4.98 Å². The van der Waals surface area contributed by atoms with E-state index in [9.17, 15) is 9.59 Å². The largest absolute Gasteiger partial charge is 0.481 e. The fourth-order valence-corrected chi connectivity index (χ4v) is 2.78. The summed E-state index contributed by atoms with van der Waals surface area (Å²) < 4.78 is 5.00. The summed E-state index contributed by atoms with van der Waals surface area (Å²) in [6, 6.07) is 15.5. The number of halogens is 1. The highest BCUT2D eigenvalue weighted by Crippen LogP contribution is 2.29. The van der Waals surface area contributed by atoms with Crippen LogP contribution < -0.4 is 10.1 Å². The van der Waals surface area contributed by atoms with E-state index in [0.29, 0.717) is 33.3 Å². The standard InChI is InChI=1S/C21H17ClN2O3/c1-13(25)14-3-5-15(6-4-14)18-11-16(7-9-19(18)22)21(26)24-17-8-10-20(27-2)23-12-17/h3-12H,1-2H3,(H,24,26). The molecular weight excluding hydrogens is 364 g/mol. The Bertz CT molecular complexity index is 983. The second-order valence-corrected chi connectivity index (χ2v) is 6.28. The number of ketones is 1. The van der Waals surface area contributed by atoms with Gasteiger partial charge in [0.05, 0.1) is 19.0 Å². The summed E-state index contributed by atoms with van der Waals surface area (Å²) in [5.74, 6) is 0.185. The number of Topliss-reactive ketones (excluding diaryl/α,β-unsaturated/α-hetero) is 1. The molecule has 1 amide bonds. The van der Waals surface area contributed by atoms with Gasteiger partial charge in [-0.05, 0) is 36.8 Å². The first-order chi connectivity index (χ1) is 13.0. The number of anilines is 1. The van der Waals surface area contributed by atoms with E-state index in [4.69, 9.17) is 16.3 Å². The van der Waals surface area contributed by atoms with E-state index in [0.717, 1.165) is 5.56 Å². The molecule has 1 N–H and O–H groups in total. The fourth-order valence-electron chi connectivity index (χ4n) is 2.55. The van der Waals surface area contributed by atoms with Crippen LogP contribution in [0.2, 0.25) is 5.02 Å². The summed E-state index contributed by atoms with van der Waals surface area (Å²) in [5, 5.41) is 3.31. The summed E-state index contributed by atoms with van der Waals surface area (Å²) in [6.07, 6.45) is 1.52. The van der Waals surface area contributed by atoms with Crippen molar-refractivity contribution in [2.45, 2.75) is 6.92 Å². The lowest BCUT2D eigenvalue weighted by Gasteiger charge is -2.10. The molecule has 0 aliphatic heterocycles. The van der Waals surface area contributed by atoms with E-state index in [1.54, 1.807) is 42.5 Å². The Balaban J connectivity index is 1.85. The molecule has 0 saturated carbocycles. The molecule has 1 heterocycles. The van der Waals surface area contributed by atoms with Crippen LogP contribution in [0.4, 0.5) is 5.69 Å². The number of methoxy groups -OCH3 is 1. The number of pyridine rings is 1. The highest BCUT2D eigenvalue weighted by Gasteiger charge is 2.11. The molecule has 0 fully saturated rings. The molecule has 5 nitrogen and oxygen atoms in total. The van der Waals surface area contributed by atoms with Crippen molar-refractivity contribution in [3.63, 3.8) is 0 Å². The summed E-state index contributed by atoms with van der Waals surface area (Å²) in [6.45, 7) is 1.51. The smallest absolute Gasteiger partial charge is 0.255 e. The van der Waals surface area contributed by atoms with Gasteiger partial charge in [0.2, 0.25) is 5.88 Å². The second-order valence-electron chi connectivity index (χ2n) is 5.87. The maximum atomic E-state index is 12.5. The van der Waals surface area contributed by atoms with Crippen LogP contribution in [-0.2, 0) is 0 Å². The van der Waals surface area contributed by atoms with E-state index in [-0.39, 0.29) is 11.7 Å². The number of amides is 1. The van der Waals surface area contributed by atoms with Crippen LogP contribution in [0.5, 0.6) is 5.88 Å². The van der Waals surface area contributed by atoms with E-state index >= 15 is 0 Å². The van der Waals surface area contributed by atoms with E-state index in [1.165, 1.54) is 20.2 Å². The molecule has 0 atom stereocenters. The van der Waals surface area contributed by atoms with Crippen LogP contribution in [0.15, 0.2) is 60.8 Å². The molecule has 0 bridgehead atoms. The minimum Gasteiger partial charge on any atom is -0.481 e. The Morgan fingerprint density at radius 3 is 2.30 bits per heavy atom. The maximum absolute atomic E-state index is 12.5. The van der Waals surface area contributed by atoms with Crippen LogP contribution in [0.3, 0.4) is 0 Å². The zero-order chi connectivity index (χ0) is 19.4. The van der Waals surface area contributed by atoms with Crippen LogP contribution in [0.1, 0.15) is 27.6 Å². The van der Waals surface area contributed by atoms with Gasteiger partial charge in [-0.1, -0.05) is 35.9 Å². The van der Waals surface area contributed by atoms with Crippen LogP contribution in [-0.4, -0.2) is 23.8 Å². The molecule has 3 aromatic rings. The van der Waals surface area contributed by atoms with Crippen molar-refractivity contribution in [3.8, 4) is 17.0 Å². The lowest BCUT2D eigenvalue weighted by molar-refractivity contribution is 0.101. The molecule has 1 aromatic heterocycles. The maximum Gasteiger partial charge on any atom is 0.255 e. The second kappa shape index (κ2) is 8.01. The van der Waals surface area contributed by atoms with Crippen molar-refractivity contribution in [3.05, 3.63) is 76.9 Å². The number of carbonyl (C=O) groups excluding carboxylic acids is 2. The first-order valence-electron chi connectivity index (χ1n) is 8.20. The summed E-state index contributed by atoms with van der Waals surface area (Å²) in [7, 11) is 1.53. The fraction of sp³-hybridized carbons (Fsp3) is 0.0952. The van der Waals surface area contributed by atoms with Gasteiger partial charge >= 0.3 is 0 Å². The molecule has 3 rings (SSSR count). The summed E-state index contributed by atoms with van der Waals surface area (Å²) in [4.78, 5) is 28.0. The predicted molar refractivity (Wildman–Crippen MR) is 106 cm³/mol. The van der Waals surface area contributed by atoms with Gasteiger partial charge in [0.25, 0.3) is 5.91 Å². The minimum absolute atomic E-state index is 0.00567. The average Bonchev–Trinajstić information content (AvgIpc) is 2.69. The zero-order valence-electron chi connectivity index (χ0n) is 14.8. The van der Waals surface area contributed by atoms with Crippen LogP contribution >= 0.6 is 11.6 Å². The van der Waals surface area contributed by atoms with Crippen molar-refractivity contribution in [2.24, 2.45) is 0 Å². The molecule has 0 spiro atoms. The quantitative estimate of drug-likeness (QED) is 0.641. The normalized spacial score (nSPS) is 10.3. The third kappa shape index (κ3) is 4.33. The minimum atomic E-state index is -0.278. The van der Waals surface area contributed by atoms with Crippen molar-refractivity contribution in [2.75, 3.05) is 12.4 Å². The molecule has 0 aliphatic carbocycles. The molecule has 136 valence electrons. The Morgan fingerprint density at radius 2 is 1.70 bits per heavy atom. The zero-order valence-corrected chi connectivity index (χ0v) is 15.6. The Hall–Kier alpha value is -3.18. The third-order valence-electron chi connectivity index (χ3n) is 4.03. The van der Waals surface area contributed by atoms with E-state index < -0.39 is 0 Å². The molecule has 0 aliphatic rings. The molecule has 0 radical (unpaired) electrons. The van der Waals surface area contributed by atoms with Gasteiger partial charge in [-0.15, -0.1) is 0 Å². The first-order valence-corrected chi connectivity index (χ1v) is 8.58. The molecule has 27 heavy (non-hydrogen) atoms. The Kier molecular flexibility index (Phi) is 5.52. The Labute approximate surface area is 162 Å². The lowest BCUT2D eigenvalue weighted by atomic mass is 10.0. The number of carbonyl (C=O) groups is 2. The SMILES string of the molecule is COc1ccc(NC(=O)c2ccc(Cl)c(-c3ccc(C(C)=O)cc3)c2)cn1. The number of hydrogen-bond donors (Lipinski definition) is 1. The van der Waals surface area contributed by atoms with Crippen molar-refractivity contribution in [1.29, 1.82) is 0 Å². The first kappa shape index (κ1) is 18.6. The van der Waals surface area contributed by atoms with Crippen molar-refractivity contribution >= 4 is 29.0 Å². The summed E-state index contributed by atoms with van der Waals surface area (Å²) in [5.41, 5.74) is 3.18. The summed E-state index contributed by atoms with van der Waals surface area (Å²) >= 11 is 6.31. The highest BCUT2D eigenvalue weighted by molar-refractivity contribution is 6.33. The molecule has 0 saturated heterocycles. The Morgan fingerprint density at radius 1 is 1.00 bits per heavy atom. The van der Waals surface area contributed by atoms with Crippen molar-refractivity contribution < 1.29 is 14.3 Å². The van der Waals surface area contributed by atoms with Gasteiger partial charge < -0.3 is 10.1 Å². The third-order valence-corrected chi connectivity index (χ3v) is 4.36. The molecule has 0 unspecified atom stereocenters. The number of hydrogen-bond acceptors (Lipinski definition) is 4. The number of ether oxygens (including phenoxy) is 1. The lowest BCUT2D eigenvalue weighted by Crippen LogP contribution is -2.12. The van der Waals surface area contributed by atoms with Crippen LogP contribution in [0, 0.1) is 0 Å². The number of nitrogens with one attached hydrogen (secondary N) is 1. The van der Waals surface area contributed by atoms with Gasteiger partial charge in [-0.2, -0.15) is 0 Å². The van der Waals surface area contributed by atoms with Gasteiger partial charge in [0.1, 0.15) is 0 Å². The predicted octanol–water partition coefficient (Wildman–Crippen LogP) is 4.87. The van der Waals surface area contributed by atoms with Crippen LogP contribution in [0.25, 0.3) is 11.1 Å². The topological polar surface area (TPSA) is 68.3 Å². The van der Waals surface area contributed by atoms with Gasteiger partial charge in [0.15, 0.2) is 5.78 Å². The number of aromatic nitrogens is 1. The number of benzene rings is 2. The van der Waals surface area contributed by atoms with Gasteiger partial charge in [-0.3, -0.25) is 9.59 Å². The van der Waals surface area contributed by atoms with Gasteiger partial charge in [0, 0.05) is 27.8 Å². The monoisotopic (exact) mass is 380 g/mol. The molecule has 2 aromatic carbocycles. The highest BCUT2D eigenvalue weighted by atomic mass is 35.5. The van der Waals surface area contributed by atoms with E-state index in [1.807, 2.05) is 12.1 Å². The number of nitrogens with zero attached hydrogens (tertiary/aromatic N) is 1. The average molecular weight is 381 g/mol. The number of rotatable bonds is 5. The van der Waals surface area contributed by atoms with Crippen molar-refractivity contribution in [1.82, 2.24) is 4.98 Å². The molecular formula is C21H17ClN2O3.